The van der Waals surface area contributed by atoms with E-state index in [9.17, 15) is 8.42 Å². The lowest BCUT2D eigenvalue weighted by Crippen LogP contribution is -2.28. The molecular formula is C23H30O5S. The average molecular weight is 419 g/mol. The zero-order valence-electron chi connectivity index (χ0n) is 17.1. The van der Waals surface area contributed by atoms with Gasteiger partial charge in [-0.3, -0.25) is 4.55 Å². The van der Waals surface area contributed by atoms with Gasteiger partial charge in [0.1, 0.15) is 11.5 Å². The molecule has 2 aromatic carbocycles. The van der Waals surface area contributed by atoms with E-state index in [0.717, 1.165) is 37.9 Å². The van der Waals surface area contributed by atoms with Gasteiger partial charge in [-0.05, 0) is 85.9 Å². The van der Waals surface area contributed by atoms with Gasteiger partial charge < -0.3 is 9.47 Å². The van der Waals surface area contributed by atoms with Crippen molar-refractivity contribution in [2.45, 2.75) is 62.9 Å². The van der Waals surface area contributed by atoms with E-state index in [0.29, 0.717) is 24.2 Å². The smallest absolute Gasteiger partial charge is 0.294 e. The standard InChI is InChI=1S/C23H30O5S/c1-3-17(2)19-7-9-20(10-8-19)27-16-18-5-4-6-22(15-18)28-21-11-13-23(14-12-21)29(24,25)26/h7-14,17-18,22H,3-6,15-16H2,1-2H3,(H,24,25,26). The van der Waals surface area contributed by atoms with E-state index < -0.39 is 10.1 Å². The van der Waals surface area contributed by atoms with Crippen LogP contribution in [0.25, 0.3) is 0 Å². The molecule has 158 valence electrons. The molecule has 0 heterocycles. The summed E-state index contributed by atoms with van der Waals surface area (Å²) in [5.74, 6) is 2.51. The van der Waals surface area contributed by atoms with Crippen molar-refractivity contribution in [3.63, 3.8) is 0 Å². The van der Waals surface area contributed by atoms with Gasteiger partial charge in [0.25, 0.3) is 10.1 Å². The molecule has 0 aliphatic heterocycles. The molecule has 0 bridgehead atoms. The molecule has 0 radical (unpaired) electrons. The van der Waals surface area contributed by atoms with Crippen LogP contribution in [0.2, 0.25) is 0 Å². The molecule has 1 aliphatic carbocycles. The van der Waals surface area contributed by atoms with Crippen LogP contribution in [0.5, 0.6) is 11.5 Å². The maximum atomic E-state index is 11.1. The van der Waals surface area contributed by atoms with Gasteiger partial charge in [0, 0.05) is 0 Å². The first-order chi connectivity index (χ1) is 13.8. The molecule has 3 rings (SSSR count). The highest BCUT2D eigenvalue weighted by Crippen LogP contribution is 2.29. The van der Waals surface area contributed by atoms with E-state index >= 15 is 0 Å². The van der Waals surface area contributed by atoms with Gasteiger partial charge in [0.05, 0.1) is 17.6 Å². The first-order valence-electron chi connectivity index (χ1n) is 10.3. The molecule has 6 heteroatoms. The highest BCUT2D eigenvalue weighted by Gasteiger charge is 2.24. The summed E-state index contributed by atoms with van der Waals surface area (Å²) in [6.07, 6.45) is 5.29. The van der Waals surface area contributed by atoms with Crippen molar-refractivity contribution < 1.29 is 22.4 Å². The highest BCUT2D eigenvalue weighted by molar-refractivity contribution is 7.85. The molecule has 3 atom stereocenters. The van der Waals surface area contributed by atoms with Crippen LogP contribution >= 0.6 is 0 Å². The topological polar surface area (TPSA) is 72.8 Å². The van der Waals surface area contributed by atoms with E-state index in [2.05, 4.69) is 38.1 Å². The highest BCUT2D eigenvalue weighted by atomic mass is 32.2. The molecule has 3 unspecified atom stereocenters. The van der Waals surface area contributed by atoms with Gasteiger partial charge in [-0.25, -0.2) is 0 Å². The van der Waals surface area contributed by atoms with Crippen LogP contribution < -0.4 is 9.47 Å². The quantitative estimate of drug-likeness (QED) is 0.576. The molecule has 0 aromatic heterocycles. The van der Waals surface area contributed by atoms with Gasteiger partial charge in [-0.2, -0.15) is 8.42 Å². The van der Waals surface area contributed by atoms with Gasteiger partial charge in [-0.15, -0.1) is 0 Å². The van der Waals surface area contributed by atoms with Crippen molar-refractivity contribution in [2.24, 2.45) is 5.92 Å². The third-order valence-electron chi connectivity index (χ3n) is 5.71. The van der Waals surface area contributed by atoms with Crippen molar-refractivity contribution in [1.82, 2.24) is 0 Å². The maximum Gasteiger partial charge on any atom is 0.294 e. The lowest BCUT2D eigenvalue weighted by Gasteiger charge is -2.29. The zero-order chi connectivity index (χ0) is 20.9. The molecule has 0 saturated heterocycles. The Morgan fingerprint density at radius 1 is 1.03 bits per heavy atom. The minimum atomic E-state index is -4.18. The lowest BCUT2D eigenvalue weighted by molar-refractivity contribution is 0.0988. The average Bonchev–Trinajstić information content (AvgIpc) is 2.72. The monoisotopic (exact) mass is 418 g/mol. The Morgan fingerprint density at radius 3 is 2.31 bits per heavy atom. The third kappa shape index (κ3) is 6.21. The second kappa shape index (κ2) is 9.63. The Balaban J connectivity index is 1.50. The molecule has 0 spiro atoms. The number of ether oxygens (including phenoxy) is 2. The number of hydrogen-bond acceptors (Lipinski definition) is 4. The molecule has 29 heavy (non-hydrogen) atoms. The van der Waals surface area contributed by atoms with Crippen molar-refractivity contribution in [1.29, 1.82) is 0 Å². The van der Waals surface area contributed by atoms with Crippen LogP contribution in [0.1, 0.15) is 57.4 Å². The van der Waals surface area contributed by atoms with E-state index in [-0.39, 0.29) is 11.0 Å². The molecular weight excluding hydrogens is 388 g/mol. The second-order valence-electron chi connectivity index (χ2n) is 7.91. The van der Waals surface area contributed by atoms with Gasteiger partial charge in [0.15, 0.2) is 0 Å². The summed E-state index contributed by atoms with van der Waals surface area (Å²) in [7, 11) is -4.18. The van der Waals surface area contributed by atoms with Gasteiger partial charge in [0.2, 0.25) is 0 Å². The molecule has 1 fully saturated rings. The first-order valence-corrected chi connectivity index (χ1v) is 11.8. The van der Waals surface area contributed by atoms with Gasteiger partial charge in [-0.1, -0.05) is 26.0 Å². The SMILES string of the molecule is CCC(C)c1ccc(OCC2CCCC(Oc3ccc(S(=O)(=O)O)cc3)C2)cc1. The zero-order valence-corrected chi connectivity index (χ0v) is 17.9. The predicted molar refractivity (Wildman–Crippen MR) is 113 cm³/mol. The second-order valence-corrected chi connectivity index (χ2v) is 9.33. The summed E-state index contributed by atoms with van der Waals surface area (Å²) < 4.78 is 43.4. The fourth-order valence-corrected chi connectivity index (χ4v) is 4.21. The largest absolute Gasteiger partial charge is 0.493 e. The summed E-state index contributed by atoms with van der Waals surface area (Å²) >= 11 is 0. The third-order valence-corrected chi connectivity index (χ3v) is 6.57. The van der Waals surface area contributed by atoms with Crippen LogP contribution in [-0.2, 0) is 10.1 Å². The minimum Gasteiger partial charge on any atom is -0.493 e. The van der Waals surface area contributed by atoms with Crippen LogP contribution in [0.3, 0.4) is 0 Å². The lowest BCUT2D eigenvalue weighted by atomic mass is 9.87. The fraction of sp³-hybridized carbons (Fsp3) is 0.478. The number of rotatable bonds is 8. The van der Waals surface area contributed by atoms with Crippen LogP contribution in [0, 0.1) is 5.92 Å². The van der Waals surface area contributed by atoms with E-state index in [1.165, 1.54) is 17.7 Å². The Morgan fingerprint density at radius 2 is 1.69 bits per heavy atom. The van der Waals surface area contributed by atoms with Crippen LogP contribution in [0.4, 0.5) is 0 Å². The summed E-state index contributed by atoms with van der Waals surface area (Å²) in [6.45, 7) is 5.10. The Kier molecular flexibility index (Phi) is 7.19. The predicted octanol–water partition coefficient (Wildman–Crippen LogP) is 5.46. The van der Waals surface area contributed by atoms with E-state index in [1.54, 1.807) is 12.1 Å². The van der Waals surface area contributed by atoms with Crippen molar-refractivity contribution in [3.8, 4) is 11.5 Å². The summed E-state index contributed by atoms with van der Waals surface area (Å²) in [5.41, 5.74) is 1.34. The van der Waals surface area contributed by atoms with Gasteiger partial charge >= 0.3 is 0 Å². The Hall–Kier alpha value is -2.05. The molecule has 2 aromatic rings. The Labute approximate surface area is 173 Å². The first kappa shape index (κ1) is 21.7. The summed E-state index contributed by atoms with van der Waals surface area (Å²) in [6, 6.07) is 14.3. The van der Waals surface area contributed by atoms with Crippen molar-refractivity contribution in [2.75, 3.05) is 6.61 Å². The van der Waals surface area contributed by atoms with Crippen LogP contribution in [-0.4, -0.2) is 25.7 Å². The Bertz CT molecular complexity index is 874. The maximum absolute atomic E-state index is 11.1. The molecule has 1 saturated carbocycles. The van der Waals surface area contributed by atoms with Crippen LogP contribution in [0.15, 0.2) is 53.4 Å². The fourth-order valence-electron chi connectivity index (χ4n) is 3.73. The van der Waals surface area contributed by atoms with E-state index in [4.69, 9.17) is 14.0 Å². The normalized spacial score (nSPS) is 20.8. The molecule has 1 aliphatic rings. The summed E-state index contributed by atoms with van der Waals surface area (Å²) in [4.78, 5) is -0.126. The molecule has 0 amide bonds. The van der Waals surface area contributed by atoms with Crippen molar-refractivity contribution in [3.05, 3.63) is 54.1 Å². The summed E-state index contributed by atoms with van der Waals surface area (Å²) in [5, 5.41) is 0. The van der Waals surface area contributed by atoms with E-state index in [1.807, 2.05) is 0 Å². The van der Waals surface area contributed by atoms with Crippen molar-refractivity contribution >= 4 is 10.1 Å². The number of hydrogen-bond donors (Lipinski definition) is 1. The molecule has 1 N–H and O–H groups in total. The minimum absolute atomic E-state index is 0.0849. The number of benzene rings is 2. The molecule has 5 nitrogen and oxygen atoms in total.